The van der Waals surface area contributed by atoms with Crippen molar-refractivity contribution in [2.75, 3.05) is 5.73 Å². The van der Waals surface area contributed by atoms with Crippen LogP contribution in [0, 0.1) is 19.7 Å². The van der Waals surface area contributed by atoms with E-state index >= 15 is 0 Å². The van der Waals surface area contributed by atoms with Crippen LogP contribution in [0.25, 0.3) is 33.5 Å². The Bertz CT molecular complexity index is 1880. The fourth-order valence-electron chi connectivity index (χ4n) is 4.27. The van der Waals surface area contributed by atoms with Gasteiger partial charge in [-0.05, 0) is 36.8 Å². The van der Waals surface area contributed by atoms with E-state index in [1.54, 1.807) is 26.1 Å². The normalized spacial score (nSPS) is 11.5. The monoisotopic (exact) mass is 595 g/mol. The van der Waals surface area contributed by atoms with Gasteiger partial charge in [-0.15, -0.1) is 11.3 Å². The van der Waals surface area contributed by atoms with E-state index in [4.69, 9.17) is 15.3 Å². The molecule has 0 amide bonds. The molecule has 42 heavy (non-hydrogen) atoms. The van der Waals surface area contributed by atoms with E-state index in [-0.39, 0.29) is 29.6 Å². The van der Waals surface area contributed by atoms with Crippen LogP contribution >= 0.6 is 11.3 Å². The zero-order valence-electron chi connectivity index (χ0n) is 22.5. The Hall–Kier alpha value is -4.98. The molecule has 0 fully saturated rings. The summed E-state index contributed by atoms with van der Waals surface area (Å²) in [6, 6.07) is 11.9. The van der Waals surface area contributed by atoms with Gasteiger partial charge in [-0.1, -0.05) is 18.2 Å². The lowest BCUT2D eigenvalue weighted by atomic mass is 10.1. The van der Waals surface area contributed by atoms with Crippen molar-refractivity contribution in [3.63, 3.8) is 0 Å². The third-order valence-corrected chi connectivity index (χ3v) is 6.88. The predicted octanol–water partition coefficient (Wildman–Crippen LogP) is 6.42. The quantitative estimate of drug-likeness (QED) is 0.200. The maximum atomic E-state index is 13.3. The number of H-pyrrole nitrogens is 1. The maximum absolute atomic E-state index is 13.3. The number of fused-ring (bicyclic) bond motifs is 1. The zero-order chi connectivity index (χ0) is 30.2. The Kier molecular flexibility index (Phi) is 7.56. The van der Waals surface area contributed by atoms with E-state index in [9.17, 15) is 18.0 Å². The molecule has 6 aromatic rings. The first kappa shape index (κ1) is 28.5. The number of nitrogens with one attached hydrogen (secondary N) is 1. The molecule has 216 valence electrons. The van der Waals surface area contributed by atoms with Crippen LogP contribution in [-0.2, 0) is 12.5 Å². The SMILES string of the molecule is CC(F)(F)c1csc(Cn2ncc(-c3c(N)[nH]c4ccccc34)n2)n1.Cc1cc(F)cc(-c2oc(C)nc2C(=O)O)c1. The van der Waals surface area contributed by atoms with Gasteiger partial charge in [0.15, 0.2) is 17.3 Å². The van der Waals surface area contributed by atoms with Gasteiger partial charge in [0.2, 0.25) is 0 Å². The Morgan fingerprint density at radius 2 is 1.95 bits per heavy atom. The molecular weight excluding hydrogens is 571 g/mol. The molecule has 0 aliphatic carbocycles. The first-order valence-electron chi connectivity index (χ1n) is 12.5. The fraction of sp³-hybridized carbons (Fsp3) is 0.179. The molecule has 0 atom stereocenters. The van der Waals surface area contributed by atoms with Crippen LogP contribution in [0.2, 0.25) is 0 Å². The van der Waals surface area contributed by atoms with Crippen molar-refractivity contribution in [2.45, 2.75) is 33.2 Å². The average molecular weight is 596 g/mol. The molecule has 0 spiro atoms. The van der Waals surface area contributed by atoms with Crippen LogP contribution in [0.5, 0.6) is 0 Å². The van der Waals surface area contributed by atoms with Crippen molar-refractivity contribution < 1.29 is 27.5 Å². The number of nitrogen functional groups attached to an aromatic ring is 1. The highest BCUT2D eigenvalue weighted by Crippen LogP contribution is 2.33. The molecule has 0 bridgehead atoms. The average Bonchev–Trinajstić information content (AvgIpc) is 3.69. The van der Waals surface area contributed by atoms with Crippen LogP contribution in [0.15, 0.2) is 58.5 Å². The van der Waals surface area contributed by atoms with Gasteiger partial charge in [0.25, 0.3) is 5.92 Å². The largest absolute Gasteiger partial charge is 0.476 e. The number of hydrogen-bond donors (Lipinski definition) is 3. The molecular formula is C28H24F3N7O3S. The molecule has 0 aliphatic heterocycles. The summed E-state index contributed by atoms with van der Waals surface area (Å²) < 4.78 is 45.0. The van der Waals surface area contributed by atoms with E-state index in [1.807, 2.05) is 24.3 Å². The number of rotatable bonds is 6. The number of thiazole rings is 1. The number of aryl methyl sites for hydroxylation is 2. The second-order valence-electron chi connectivity index (χ2n) is 9.47. The number of aromatic nitrogens is 6. The molecule has 4 heterocycles. The van der Waals surface area contributed by atoms with Crippen molar-refractivity contribution in [1.82, 2.24) is 29.9 Å². The molecule has 4 aromatic heterocycles. The predicted molar refractivity (Wildman–Crippen MR) is 151 cm³/mol. The summed E-state index contributed by atoms with van der Waals surface area (Å²) in [7, 11) is 0. The minimum Gasteiger partial charge on any atom is -0.476 e. The summed E-state index contributed by atoms with van der Waals surface area (Å²) in [5.74, 6) is -3.76. The number of alkyl halides is 2. The number of aromatic amines is 1. The van der Waals surface area contributed by atoms with E-state index in [1.165, 1.54) is 22.3 Å². The van der Waals surface area contributed by atoms with Gasteiger partial charge in [-0.25, -0.2) is 19.2 Å². The number of carbonyl (C=O) groups is 1. The number of nitrogens with zero attached hydrogens (tertiary/aromatic N) is 5. The lowest BCUT2D eigenvalue weighted by Crippen LogP contribution is -2.09. The number of nitrogens with two attached hydrogens (primary N) is 1. The second-order valence-corrected chi connectivity index (χ2v) is 10.4. The maximum Gasteiger partial charge on any atom is 0.358 e. The summed E-state index contributed by atoms with van der Waals surface area (Å²) in [6.07, 6.45) is 1.61. The third-order valence-electron chi connectivity index (χ3n) is 6.05. The highest BCUT2D eigenvalue weighted by Gasteiger charge is 2.27. The summed E-state index contributed by atoms with van der Waals surface area (Å²) in [4.78, 5) is 23.2. The van der Waals surface area contributed by atoms with Crippen molar-refractivity contribution in [3.05, 3.63) is 87.7 Å². The Labute approximate surface area is 240 Å². The number of anilines is 1. The number of halogens is 3. The van der Waals surface area contributed by atoms with Gasteiger partial charge in [0.05, 0.1) is 11.8 Å². The van der Waals surface area contributed by atoms with E-state index < -0.39 is 17.7 Å². The van der Waals surface area contributed by atoms with E-state index in [0.29, 0.717) is 27.6 Å². The molecule has 0 radical (unpaired) electrons. The molecule has 2 aromatic carbocycles. The van der Waals surface area contributed by atoms with E-state index in [0.717, 1.165) is 34.7 Å². The van der Waals surface area contributed by atoms with Crippen LogP contribution in [0.3, 0.4) is 0 Å². The van der Waals surface area contributed by atoms with E-state index in [2.05, 4.69) is 25.1 Å². The van der Waals surface area contributed by atoms with Crippen molar-refractivity contribution in [1.29, 1.82) is 0 Å². The smallest absolute Gasteiger partial charge is 0.358 e. The number of aromatic carboxylic acids is 1. The van der Waals surface area contributed by atoms with Gasteiger partial charge >= 0.3 is 5.97 Å². The summed E-state index contributed by atoms with van der Waals surface area (Å²) in [5, 5.41) is 20.4. The fourth-order valence-corrected chi connectivity index (χ4v) is 5.12. The van der Waals surface area contributed by atoms with Gasteiger partial charge in [-0.3, -0.25) is 0 Å². The minimum atomic E-state index is -2.95. The van der Waals surface area contributed by atoms with Crippen LogP contribution in [0.1, 0.15) is 39.6 Å². The number of para-hydroxylation sites is 1. The minimum absolute atomic E-state index is 0.0811. The first-order chi connectivity index (χ1) is 19.9. The lowest BCUT2D eigenvalue weighted by Gasteiger charge is -2.04. The molecule has 0 saturated carbocycles. The Morgan fingerprint density at radius 3 is 2.64 bits per heavy atom. The second kappa shape index (κ2) is 11.1. The van der Waals surface area contributed by atoms with Gasteiger partial charge in [0, 0.05) is 35.7 Å². The van der Waals surface area contributed by atoms with Gasteiger partial charge < -0.3 is 20.2 Å². The van der Waals surface area contributed by atoms with Crippen LogP contribution in [-0.4, -0.2) is 41.0 Å². The summed E-state index contributed by atoms with van der Waals surface area (Å²) >= 11 is 1.16. The number of carboxylic acid groups (broad SMARTS) is 1. The van der Waals surface area contributed by atoms with Crippen molar-refractivity contribution in [3.8, 4) is 22.6 Å². The third kappa shape index (κ3) is 6.02. The van der Waals surface area contributed by atoms with Crippen molar-refractivity contribution >= 4 is 34.0 Å². The summed E-state index contributed by atoms with van der Waals surface area (Å²) in [6.45, 7) is 4.32. The number of carboxylic acids is 1. The first-order valence-corrected chi connectivity index (χ1v) is 13.3. The topological polar surface area (TPSA) is 149 Å². The van der Waals surface area contributed by atoms with Crippen LogP contribution < -0.4 is 5.73 Å². The van der Waals surface area contributed by atoms with Gasteiger partial charge in [0.1, 0.15) is 34.6 Å². The number of oxazole rings is 1. The lowest BCUT2D eigenvalue weighted by molar-refractivity contribution is 0.0132. The molecule has 0 saturated heterocycles. The van der Waals surface area contributed by atoms with Crippen molar-refractivity contribution in [2.24, 2.45) is 0 Å². The molecule has 4 N–H and O–H groups in total. The van der Waals surface area contributed by atoms with Crippen LogP contribution in [0.4, 0.5) is 19.0 Å². The number of hydrogen-bond acceptors (Lipinski definition) is 8. The molecule has 0 aliphatic rings. The Balaban J connectivity index is 0.000000181. The highest BCUT2D eigenvalue weighted by molar-refractivity contribution is 7.09. The van der Waals surface area contributed by atoms with Gasteiger partial charge in [-0.2, -0.15) is 23.8 Å². The highest BCUT2D eigenvalue weighted by atomic mass is 32.1. The Morgan fingerprint density at radius 1 is 1.19 bits per heavy atom. The molecule has 6 rings (SSSR count). The zero-order valence-corrected chi connectivity index (χ0v) is 23.3. The molecule has 10 nitrogen and oxygen atoms in total. The standard InChI is InChI=1S/C16H14F2N6S.C12H10FNO3/c1-16(17,18)12-8-25-13(22-12)7-24-20-6-11(23-24)14-9-4-2-3-5-10(9)21-15(14)19;1-6-3-8(5-9(13)4-6)11-10(12(15)16)14-7(2)17-11/h2-6,8,21H,7,19H2,1H3;3-5H,1-2H3,(H,15,16). The molecule has 14 heteroatoms. The molecule has 0 unspecified atom stereocenters. The summed E-state index contributed by atoms with van der Waals surface area (Å²) in [5.41, 5.74) is 9.01. The number of benzene rings is 2.